The molecule has 120 valence electrons. The highest BCUT2D eigenvalue weighted by atomic mass is 16.6. The van der Waals surface area contributed by atoms with E-state index in [1.54, 1.807) is 0 Å². The first kappa shape index (κ1) is 15.2. The average molecular weight is 313 g/mol. The topological polar surface area (TPSA) is 61.9 Å². The van der Waals surface area contributed by atoms with E-state index in [0.717, 1.165) is 12.1 Å². The van der Waals surface area contributed by atoms with Gasteiger partial charge >= 0.3 is 6.09 Å². The maximum atomic E-state index is 12.2. The highest BCUT2D eigenvalue weighted by molar-refractivity contribution is 5.83. The van der Waals surface area contributed by atoms with E-state index in [1.165, 1.54) is 10.5 Å². The number of benzene rings is 1. The van der Waals surface area contributed by atoms with Crippen molar-refractivity contribution in [1.29, 1.82) is 0 Å². The van der Waals surface area contributed by atoms with Crippen LogP contribution in [0.3, 0.4) is 0 Å². The fraction of sp³-hybridized carbons (Fsp3) is 0.353. The lowest BCUT2D eigenvalue weighted by Gasteiger charge is -2.25. The molecule has 1 aromatic carbocycles. The molecule has 1 unspecified atom stereocenters. The Hall–Kier alpha value is -2.72. The van der Waals surface area contributed by atoms with Crippen LogP contribution < -0.4 is 10.2 Å². The minimum absolute atomic E-state index is 0.0763. The Labute approximate surface area is 135 Å². The molecule has 0 bridgehead atoms. The van der Waals surface area contributed by atoms with Crippen LogP contribution in [0.15, 0.2) is 42.7 Å². The second-order valence-corrected chi connectivity index (χ2v) is 5.53. The van der Waals surface area contributed by atoms with Gasteiger partial charge in [0.15, 0.2) is 0 Å². The Kier molecular flexibility index (Phi) is 4.35. The van der Waals surface area contributed by atoms with Crippen LogP contribution in [0.5, 0.6) is 0 Å². The van der Waals surface area contributed by atoms with Gasteiger partial charge in [-0.1, -0.05) is 24.8 Å². The number of hydrogen-bond acceptors (Lipinski definition) is 4. The highest BCUT2D eigenvalue weighted by Crippen LogP contribution is 2.32. The van der Waals surface area contributed by atoms with Gasteiger partial charge in [-0.25, -0.2) is 4.79 Å². The van der Waals surface area contributed by atoms with Gasteiger partial charge in [-0.15, -0.1) is 5.73 Å². The summed E-state index contributed by atoms with van der Waals surface area (Å²) >= 11 is 0. The number of carbonyl (C=O) groups is 2. The van der Waals surface area contributed by atoms with E-state index in [4.69, 9.17) is 4.74 Å². The predicted octanol–water partition coefficient (Wildman–Crippen LogP) is 1.28. The van der Waals surface area contributed by atoms with Crippen LogP contribution in [0, 0.1) is 0 Å². The molecule has 0 saturated carbocycles. The third-order valence-electron chi connectivity index (χ3n) is 4.07. The first-order valence-corrected chi connectivity index (χ1v) is 7.58. The quantitative estimate of drug-likeness (QED) is 0.832. The summed E-state index contributed by atoms with van der Waals surface area (Å²) in [6.45, 7) is 4.92. The summed E-state index contributed by atoms with van der Waals surface area (Å²) in [5, 5.41) is 2.77. The van der Waals surface area contributed by atoms with E-state index in [2.05, 4.69) is 23.7 Å². The Bertz CT molecular complexity index is 667. The fourth-order valence-corrected chi connectivity index (χ4v) is 2.93. The van der Waals surface area contributed by atoms with E-state index in [-0.39, 0.29) is 31.3 Å². The van der Waals surface area contributed by atoms with E-state index >= 15 is 0 Å². The van der Waals surface area contributed by atoms with Crippen molar-refractivity contribution in [2.24, 2.45) is 0 Å². The van der Waals surface area contributed by atoms with Crippen molar-refractivity contribution in [3.05, 3.63) is 48.2 Å². The van der Waals surface area contributed by atoms with Gasteiger partial charge in [0.2, 0.25) is 5.91 Å². The zero-order valence-electron chi connectivity index (χ0n) is 12.8. The van der Waals surface area contributed by atoms with Crippen molar-refractivity contribution >= 4 is 17.7 Å². The largest absolute Gasteiger partial charge is 0.447 e. The Morgan fingerprint density at radius 2 is 2.30 bits per heavy atom. The van der Waals surface area contributed by atoms with E-state index in [9.17, 15) is 9.59 Å². The Morgan fingerprint density at radius 3 is 3.04 bits per heavy atom. The number of carbonyl (C=O) groups excluding carboxylic acids is 2. The van der Waals surface area contributed by atoms with Gasteiger partial charge in [0, 0.05) is 5.69 Å². The van der Waals surface area contributed by atoms with Gasteiger partial charge in [-0.3, -0.25) is 9.69 Å². The molecule has 2 aliphatic rings. The average Bonchev–Trinajstić information content (AvgIpc) is 3.10. The first-order chi connectivity index (χ1) is 11.2. The molecular formula is C17H19N3O3. The van der Waals surface area contributed by atoms with Crippen LogP contribution in [0.25, 0.3) is 0 Å². The van der Waals surface area contributed by atoms with Crippen molar-refractivity contribution in [3.63, 3.8) is 0 Å². The summed E-state index contributed by atoms with van der Waals surface area (Å²) in [6, 6.07) is 8.11. The molecule has 1 aromatic rings. The molecule has 0 aromatic heterocycles. The number of nitrogens with one attached hydrogen (secondary N) is 1. The molecule has 1 fully saturated rings. The molecule has 1 atom stereocenters. The lowest BCUT2D eigenvalue weighted by Crippen LogP contribution is -2.44. The molecular weight excluding hydrogens is 294 g/mol. The number of nitrogens with zero attached hydrogens (tertiary/aromatic N) is 2. The minimum atomic E-state index is -0.385. The molecule has 6 nitrogen and oxygen atoms in total. The third-order valence-corrected chi connectivity index (χ3v) is 4.07. The predicted molar refractivity (Wildman–Crippen MR) is 86.1 cm³/mol. The fourth-order valence-electron chi connectivity index (χ4n) is 2.93. The first-order valence-electron chi connectivity index (χ1n) is 7.58. The van der Waals surface area contributed by atoms with Crippen LogP contribution in [0.2, 0.25) is 0 Å². The van der Waals surface area contributed by atoms with Crippen LogP contribution in [0.4, 0.5) is 10.5 Å². The van der Waals surface area contributed by atoms with Crippen molar-refractivity contribution in [1.82, 2.24) is 10.2 Å². The molecule has 2 heterocycles. The molecule has 2 aliphatic heterocycles. The van der Waals surface area contributed by atoms with Crippen molar-refractivity contribution in [3.8, 4) is 0 Å². The summed E-state index contributed by atoms with van der Waals surface area (Å²) in [6.07, 6.45) is 2.33. The molecule has 23 heavy (non-hydrogen) atoms. The third kappa shape index (κ3) is 3.22. The zero-order valence-corrected chi connectivity index (χ0v) is 12.8. The number of amides is 2. The number of para-hydroxylation sites is 1. The molecule has 1 saturated heterocycles. The summed E-state index contributed by atoms with van der Waals surface area (Å²) in [5.41, 5.74) is 5.08. The van der Waals surface area contributed by atoms with E-state index < -0.39 is 0 Å². The maximum Gasteiger partial charge on any atom is 0.411 e. The number of hydrogen-bond donors (Lipinski definition) is 1. The molecule has 6 heteroatoms. The molecule has 0 spiro atoms. The Morgan fingerprint density at radius 1 is 1.48 bits per heavy atom. The van der Waals surface area contributed by atoms with Crippen molar-refractivity contribution in [2.45, 2.75) is 12.5 Å². The second-order valence-electron chi connectivity index (χ2n) is 5.53. The normalized spacial score (nSPS) is 19.1. The van der Waals surface area contributed by atoms with Crippen LogP contribution >= 0.6 is 0 Å². The van der Waals surface area contributed by atoms with E-state index in [1.807, 2.05) is 29.2 Å². The number of ether oxygens (including phenoxy) is 1. The molecule has 2 amide bonds. The highest BCUT2D eigenvalue weighted by Gasteiger charge is 2.29. The number of cyclic esters (lactones) is 1. The molecule has 3 rings (SSSR count). The lowest BCUT2D eigenvalue weighted by atomic mass is 10.1. The SMILES string of the molecule is C=C=CC1Cc2ccccc2N1CC(=O)NCN1CCOC1=O. The molecule has 1 N–H and O–H groups in total. The maximum absolute atomic E-state index is 12.2. The number of anilines is 1. The zero-order chi connectivity index (χ0) is 16.2. The van der Waals surface area contributed by atoms with Gasteiger partial charge in [-0.05, 0) is 24.1 Å². The monoisotopic (exact) mass is 313 g/mol. The second kappa shape index (κ2) is 6.58. The molecule has 0 radical (unpaired) electrons. The van der Waals surface area contributed by atoms with Gasteiger partial charge in [0.25, 0.3) is 0 Å². The van der Waals surface area contributed by atoms with Crippen molar-refractivity contribution in [2.75, 3.05) is 31.3 Å². The summed E-state index contributed by atoms with van der Waals surface area (Å²) < 4.78 is 4.83. The summed E-state index contributed by atoms with van der Waals surface area (Å²) in [7, 11) is 0. The van der Waals surface area contributed by atoms with Crippen molar-refractivity contribution < 1.29 is 14.3 Å². The van der Waals surface area contributed by atoms with Crippen LogP contribution in [0.1, 0.15) is 5.56 Å². The van der Waals surface area contributed by atoms with E-state index in [0.29, 0.717) is 13.2 Å². The standard InChI is InChI=1S/C17H19N3O3/c1-2-5-14-10-13-6-3-4-7-15(13)20(14)11-16(21)18-12-19-8-9-23-17(19)22/h3-7,14H,1,8-12H2,(H,18,21). The van der Waals surface area contributed by atoms with Gasteiger partial charge < -0.3 is 15.0 Å². The number of rotatable bonds is 5. The molecule has 0 aliphatic carbocycles. The van der Waals surface area contributed by atoms with Crippen LogP contribution in [-0.2, 0) is 16.0 Å². The van der Waals surface area contributed by atoms with Gasteiger partial charge in [-0.2, -0.15) is 0 Å². The smallest absolute Gasteiger partial charge is 0.411 e. The van der Waals surface area contributed by atoms with Gasteiger partial charge in [0.1, 0.15) is 6.61 Å². The lowest BCUT2D eigenvalue weighted by molar-refractivity contribution is -0.120. The number of fused-ring (bicyclic) bond motifs is 1. The van der Waals surface area contributed by atoms with Crippen LogP contribution in [-0.4, -0.2) is 49.3 Å². The summed E-state index contributed by atoms with van der Waals surface area (Å²) in [4.78, 5) is 27.1. The Balaban J connectivity index is 1.63. The summed E-state index contributed by atoms with van der Waals surface area (Å²) in [5.74, 6) is -0.135. The van der Waals surface area contributed by atoms with Gasteiger partial charge in [0.05, 0.1) is 25.8 Å². The minimum Gasteiger partial charge on any atom is -0.447 e.